The van der Waals surface area contributed by atoms with Gasteiger partial charge in [0.15, 0.2) is 5.65 Å². The van der Waals surface area contributed by atoms with E-state index in [0.29, 0.717) is 6.04 Å². The molecule has 2 aliphatic rings. The Bertz CT molecular complexity index is 1190. The SMILES string of the molecule is O=C1c2c(-c3ccc4ncnn4c3)c3ncccc3n2CCN1C1CC1. The van der Waals surface area contributed by atoms with Crippen molar-refractivity contribution in [3.63, 3.8) is 0 Å². The van der Waals surface area contributed by atoms with E-state index in [4.69, 9.17) is 0 Å². The quantitative estimate of drug-likeness (QED) is 0.560. The summed E-state index contributed by atoms with van der Waals surface area (Å²) in [6.07, 6.45) is 7.48. The Morgan fingerprint density at radius 2 is 2.00 bits per heavy atom. The molecular weight excluding hydrogens is 328 g/mol. The molecule has 0 radical (unpaired) electrons. The van der Waals surface area contributed by atoms with Crippen LogP contribution in [0.15, 0.2) is 43.0 Å². The maximum atomic E-state index is 13.3. The van der Waals surface area contributed by atoms with Gasteiger partial charge in [-0.15, -0.1) is 0 Å². The van der Waals surface area contributed by atoms with E-state index in [9.17, 15) is 4.79 Å². The first kappa shape index (κ1) is 14.0. The largest absolute Gasteiger partial charge is 0.333 e. The number of nitrogens with zero attached hydrogens (tertiary/aromatic N) is 6. The van der Waals surface area contributed by atoms with E-state index in [-0.39, 0.29) is 5.91 Å². The number of carbonyl (C=O) groups excluding carboxylic acids is 1. The van der Waals surface area contributed by atoms with E-state index in [2.05, 4.69) is 19.6 Å². The van der Waals surface area contributed by atoms with E-state index in [0.717, 1.165) is 59.4 Å². The van der Waals surface area contributed by atoms with Crippen LogP contribution in [-0.4, -0.2) is 47.5 Å². The van der Waals surface area contributed by atoms with Crippen LogP contribution in [0, 0.1) is 0 Å². The molecule has 1 aliphatic carbocycles. The molecule has 1 fully saturated rings. The third-order valence-electron chi connectivity index (χ3n) is 5.40. The second-order valence-electron chi connectivity index (χ2n) is 6.96. The smallest absolute Gasteiger partial charge is 0.271 e. The normalized spacial score (nSPS) is 17.2. The topological polar surface area (TPSA) is 68.3 Å². The first-order chi connectivity index (χ1) is 12.8. The number of amides is 1. The lowest BCUT2D eigenvalue weighted by atomic mass is 10.1. The molecule has 26 heavy (non-hydrogen) atoms. The zero-order chi connectivity index (χ0) is 17.3. The summed E-state index contributed by atoms with van der Waals surface area (Å²) in [5.74, 6) is 0.116. The predicted octanol–water partition coefficient (Wildman–Crippen LogP) is 2.36. The maximum Gasteiger partial charge on any atom is 0.271 e. The molecule has 7 nitrogen and oxygen atoms in total. The molecule has 7 heteroatoms. The molecular formula is C19H16N6O. The Morgan fingerprint density at radius 3 is 2.88 bits per heavy atom. The zero-order valence-electron chi connectivity index (χ0n) is 14.0. The molecule has 5 heterocycles. The lowest BCUT2D eigenvalue weighted by Crippen LogP contribution is -2.41. The second-order valence-corrected chi connectivity index (χ2v) is 6.96. The van der Waals surface area contributed by atoms with Crippen molar-refractivity contribution in [2.24, 2.45) is 0 Å². The number of hydrogen-bond donors (Lipinski definition) is 0. The van der Waals surface area contributed by atoms with Crippen molar-refractivity contribution in [3.05, 3.63) is 48.7 Å². The van der Waals surface area contributed by atoms with Crippen molar-refractivity contribution in [1.29, 1.82) is 0 Å². The number of rotatable bonds is 2. The van der Waals surface area contributed by atoms with Gasteiger partial charge in [0.1, 0.15) is 12.0 Å². The average molecular weight is 344 g/mol. The highest BCUT2D eigenvalue weighted by atomic mass is 16.2. The van der Waals surface area contributed by atoms with Crippen molar-refractivity contribution < 1.29 is 4.79 Å². The average Bonchev–Trinajstić information content (AvgIpc) is 3.30. The van der Waals surface area contributed by atoms with E-state index in [1.165, 1.54) is 6.33 Å². The van der Waals surface area contributed by atoms with Crippen LogP contribution in [0.2, 0.25) is 0 Å². The second kappa shape index (κ2) is 4.91. The molecule has 0 spiro atoms. The highest BCUT2D eigenvalue weighted by Crippen LogP contribution is 2.38. The van der Waals surface area contributed by atoms with Gasteiger partial charge in [-0.1, -0.05) is 0 Å². The Hall–Kier alpha value is -3.22. The van der Waals surface area contributed by atoms with Gasteiger partial charge in [0.25, 0.3) is 5.91 Å². The summed E-state index contributed by atoms with van der Waals surface area (Å²) >= 11 is 0. The lowest BCUT2D eigenvalue weighted by molar-refractivity contribution is 0.0694. The molecule has 1 saturated carbocycles. The van der Waals surface area contributed by atoms with Gasteiger partial charge in [0.05, 0.1) is 11.0 Å². The minimum absolute atomic E-state index is 0.116. The fourth-order valence-electron chi connectivity index (χ4n) is 4.05. The van der Waals surface area contributed by atoms with Crippen LogP contribution < -0.4 is 0 Å². The molecule has 4 aromatic rings. The van der Waals surface area contributed by atoms with Crippen molar-refractivity contribution >= 4 is 22.6 Å². The molecule has 6 rings (SSSR count). The van der Waals surface area contributed by atoms with Gasteiger partial charge in [-0.05, 0) is 37.1 Å². The predicted molar refractivity (Wildman–Crippen MR) is 95.8 cm³/mol. The van der Waals surface area contributed by atoms with Crippen LogP contribution in [0.3, 0.4) is 0 Å². The maximum absolute atomic E-state index is 13.3. The molecule has 1 aliphatic heterocycles. The number of hydrogen-bond acceptors (Lipinski definition) is 4. The molecule has 4 aromatic heterocycles. The summed E-state index contributed by atoms with van der Waals surface area (Å²) in [4.78, 5) is 24.2. The fraction of sp³-hybridized carbons (Fsp3) is 0.263. The molecule has 0 saturated heterocycles. The Balaban J connectivity index is 1.65. The van der Waals surface area contributed by atoms with Gasteiger partial charge in [0, 0.05) is 42.7 Å². The fourth-order valence-corrected chi connectivity index (χ4v) is 4.05. The summed E-state index contributed by atoms with van der Waals surface area (Å²) in [5, 5.41) is 4.24. The minimum Gasteiger partial charge on any atom is -0.333 e. The molecule has 0 bridgehead atoms. The summed E-state index contributed by atoms with van der Waals surface area (Å²) in [5.41, 5.74) is 5.24. The van der Waals surface area contributed by atoms with Crippen LogP contribution in [0.5, 0.6) is 0 Å². The van der Waals surface area contributed by atoms with Crippen molar-refractivity contribution in [2.75, 3.05) is 6.54 Å². The van der Waals surface area contributed by atoms with E-state index in [1.54, 1.807) is 10.7 Å². The number of pyridine rings is 2. The van der Waals surface area contributed by atoms with Gasteiger partial charge < -0.3 is 9.47 Å². The van der Waals surface area contributed by atoms with Crippen LogP contribution in [0.1, 0.15) is 23.3 Å². The summed E-state index contributed by atoms with van der Waals surface area (Å²) in [6.45, 7) is 1.59. The highest BCUT2D eigenvalue weighted by Gasteiger charge is 2.39. The van der Waals surface area contributed by atoms with E-state index < -0.39 is 0 Å². The Labute approximate surface area is 148 Å². The zero-order valence-corrected chi connectivity index (χ0v) is 14.0. The molecule has 0 aromatic carbocycles. The third-order valence-corrected chi connectivity index (χ3v) is 5.40. The third kappa shape index (κ3) is 1.82. The molecule has 0 N–H and O–H groups in total. The van der Waals surface area contributed by atoms with Gasteiger partial charge >= 0.3 is 0 Å². The van der Waals surface area contributed by atoms with Crippen molar-refractivity contribution in [1.82, 2.24) is 29.0 Å². The van der Waals surface area contributed by atoms with Gasteiger partial charge in [-0.2, -0.15) is 5.10 Å². The molecule has 128 valence electrons. The number of aromatic nitrogens is 5. The summed E-state index contributed by atoms with van der Waals surface area (Å²) < 4.78 is 3.87. The van der Waals surface area contributed by atoms with E-state index in [1.807, 2.05) is 35.4 Å². The summed E-state index contributed by atoms with van der Waals surface area (Å²) in [7, 11) is 0. The van der Waals surface area contributed by atoms with E-state index >= 15 is 0 Å². The first-order valence-electron chi connectivity index (χ1n) is 8.89. The number of carbonyl (C=O) groups is 1. The minimum atomic E-state index is 0.116. The van der Waals surface area contributed by atoms with Gasteiger partial charge in [0.2, 0.25) is 0 Å². The van der Waals surface area contributed by atoms with Crippen LogP contribution in [0.4, 0.5) is 0 Å². The number of fused-ring (bicyclic) bond motifs is 4. The van der Waals surface area contributed by atoms with Gasteiger partial charge in [-0.25, -0.2) is 9.50 Å². The summed E-state index contributed by atoms with van der Waals surface area (Å²) in [6, 6.07) is 8.30. The van der Waals surface area contributed by atoms with Crippen LogP contribution >= 0.6 is 0 Å². The molecule has 1 amide bonds. The first-order valence-corrected chi connectivity index (χ1v) is 8.89. The standard InChI is InChI=1S/C19H16N6O/c26-19-18-16(12-3-6-15-21-11-22-25(15)10-12)17-14(2-1-7-20-17)24(18)9-8-23(19)13-4-5-13/h1-3,6-7,10-11,13H,4-5,8-9H2. The van der Waals surface area contributed by atoms with Crippen molar-refractivity contribution in [2.45, 2.75) is 25.4 Å². The monoisotopic (exact) mass is 344 g/mol. The highest BCUT2D eigenvalue weighted by molar-refractivity contribution is 6.09. The van der Waals surface area contributed by atoms with Gasteiger partial charge in [-0.3, -0.25) is 9.78 Å². The van der Waals surface area contributed by atoms with Crippen LogP contribution in [-0.2, 0) is 6.54 Å². The lowest BCUT2D eigenvalue weighted by Gasteiger charge is -2.29. The van der Waals surface area contributed by atoms with Crippen LogP contribution in [0.25, 0.3) is 27.8 Å². The Kier molecular flexibility index (Phi) is 2.64. The molecule has 0 unspecified atom stereocenters. The van der Waals surface area contributed by atoms with Crippen molar-refractivity contribution in [3.8, 4) is 11.1 Å². The molecule has 0 atom stereocenters. The Morgan fingerprint density at radius 1 is 1.08 bits per heavy atom.